The molecule has 0 aliphatic heterocycles. The van der Waals surface area contributed by atoms with Crippen LogP contribution in [0.4, 0.5) is 5.69 Å². The molecule has 1 unspecified atom stereocenters. The zero-order valence-electron chi connectivity index (χ0n) is 11.3. The van der Waals surface area contributed by atoms with Gasteiger partial charge in [-0.15, -0.1) is 11.8 Å². The first-order chi connectivity index (χ1) is 9.22. The van der Waals surface area contributed by atoms with Gasteiger partial charge in [0.25, 0.3) is 0 Å². The lowest BCUT2D eigenvalue weighted by Gasteiger charge is -2.19. The van der Waals surface area contributed by atoms with Crippen molar-refractivity contribution in [1.29, 1.82) is 0 Å². The fourth-order valence-corrected chi connectivity index (χ4v) is 2.50. The van der Waals surface area contributed by atoms with E-state index < -0.39 is 0 Å². The fraction of sp³-hybridized carbons (Fsp3) is 0.250. The smallest absolute Gasteiger partial charge is 0.115 e. The van der Waals surface area contributed by atoms with Gasteiger partial charge in [0.05, 0.1) is 6.04 Å². The van der Waals surface area contributed by atoms with Crippen LogP contribution in [0.5, 0.6) is 5.75 Å². The average Bonchev–Trinajstić information content (AvgIpc) is 2.46. The molecule has 19 heavy (non-hydrogen) atoms. The minimum atomic E-state index is 0.262. The zero-order chi connectivity index (χ0) is 13.7. The van der Waals surface area contributed by atoms with E-state index in [0.717, 1.165) is 12.1 Å². The largest absolute Gasteiger partial charge is 0.508 e. The summed E-state index contributed by atoms with van der Waals surface area (Å²) in [7, 11) is 0. The van der Waals surface area contributed by atoms with E-state index >= 15 is 0 Å². The van der Waals surface area contributed by atoms with Crippen LogP contribution in [0.1, 0.15) is 24.9 Å². The minimum absolute atomic E-state index is 0.262. The molecule has 0 aliphatic rings. The van der Waals surface area contributed by atoms with E-state index in [4.69, 9.17) is 0 Å². The summed E-state index contributed by atoms with van der Waals surface area (Å²) in [6.45, 7) is 2.16. The molecule has 3 heteroatoms. The second kappa shape index (κ2) is 6.53. The lowest BCUT2D eigenvalue weighted by molar-refractivity contribution is 0.475. The van der Waals surface area contributed by atoms with E-state index in [1.165, 1.54) is 10.5 Å². The maximum atomic E-state index is 9.35. The molecule has 0 radical (unpaired) electrons. The number of thioether (sulfide) groups is 1. The molecule has 0 saturated heterocycles. The number of hydrogen-bond donors (Lipinski definition) is 2. The number of aromatic hydroxyl groups is 1. The lowest BCUT2D eigenvalue weighted by atomic mass is 10.0. The van der Waals surface area contributed by atoms with E-state index in [-0.39, 0.29) is 6.04 Å². The van der Waals surface area contributed by atoms with Gasteiger partial charge in [-0.2, -0.15) is 0 Å². The summed E-state index contributed by atoms with van der Waals surface area (Å²) in [5, 5.41) is 12.9. The normalized spacial score (nSPS) is 12.1. The third kappa shape index (κ3) is 3.67. The molecule has 0 bridgehead atoms. The van der Waals surface area contributed by atoms with Gasteiger partial charge in [0.15, 0.2) is 0 Å². The number of anilines is 1. The maximum Gasteiger partial charge on any atom is 0.115 e. The third-order valence-corrected chi connectivity index (χ3v) is 3.84. The van der Waals surface area contributed by atoms with Crippen molar-refractivity contribution in [3.63, 3.8) is 0 Å². The lowest BCUT2D eigenvalue weighted by Crippen LogP contribution is -2.09. The molecule has 0 amide bonds. The van der Waals surface area contributed by atoms with Crippen molar-refractivity contribution in [2.75, 3.05) is 11.6 Å². The highest BCUT2D eigenvalue weighted by Gasteiger charge is 2.09. The van der Waals surface area contributed by atoms with Gasteiger partial charge in [-0.25, -0.2) is 0 Å². The Morgan fingerprint density at radius 1 is 1.16 bits per heavy atom. The first-order valence-electron chi connectivity index (χ1n) is 6.42. The topological polar surface area (TPSA) is 32.3 Å². The fourth-order valence-electron chi connectivity index (χ4n) is 2.04. The Kier molecular flexibility index (Phi) is 4.74. The van der Waals surface area contributed by atoms with Crippen molar-refractivity contribution in [3.05, 3.63) is 54.1 Å². The minimum Gasteiger partial charge on any atom is -0.508 e. The summed E-state index contributed by atoms with van der Waals surface area (Å²) < 4.78 is 0. The van der Waals surface area contributed by atoms with Gasteiger partial charge < -0.3 is 10.4 Å². The Morgan fingerprint density at radius 2 is 1.89 bits per heavy atom. The second-order valence-corrected chi connectivity index (χ2v) is 5.31. The summed E-state index contributed by atoms with van der Waals surface area (Å²) in [5.74, 6) is 0.308. The van der Waals surface area contributed by atoms with Crippen molar-refractivity contribution >= 4 is 17.4 Å². The van der Waals surface area contributed by atoms with Crippen LogP contribution in [0, 0.1) is 0 Å². The zero-order valence-corrected chi connectivity index (χ0v) is 12.1. The van der Waals surface area contributed by atoms with Crippen molar-refractivity contribution in [1.82, 2.24) is 0 Å². The van der Waals surface area contributed by atoms with E-state index in [0.29, 0.717) is 5.75 Å². The molecule has 2 rings (SSSR count). The van der Waals surface area contributed by atoms with E-state index in [1.54, 1.807) is 23.9 Å². The highest BCUT2D eigenvalue weighted by atomic mass is 32.2. The molecule has 2 N–H and O–H groups in total. The van der Waals surface area contributed by atoms with Crippen molar-refractivity contribution in [2.24, 2.45) is 0 Å². The van der Waals surface area contributed by atoms with Crippen LogP contribution < -0.4 is 5.32 Å². The predicted molar refractivity (Wildman–Crippen MR) is 83.0 cm³/mol. The van der Waals surface area contributed by atoms with Crippen molar-refractivity contribution in [2.45, 2.75) is 24.3 Å². The summed E-state index contributed by atoms with van der Waals surface area (Å²) in [4.78, 5) is 1.26. The summed E-state index contributed by atoms with van der Waals surface area (Å²) in [6, 6.07) is 16.1. The first-order valence-corrected chi connectivity index (χ1v) is 7.65. The van der Waals surface area contributed by atoms with Gasteiger partial charge in [0.1, 0.15) is 5.75 Å². The predicted octanol–water partition coefficient (Wildman–Crippen LogP) is 4.68. The molecule has 0 spiro atoms. The van der Waals surface area contributed by atoms with Crippen molar-refractivity contribution in [3.8, 4) is 5.75 Å². The number of hydrogen-bond acceptors (Lipinski definition) is 3. The van der Waals surface area contributed by atoms with Crippen LogP contribution in [-0.2, 0) is 0 Å². The quantitative estimate of drug-likeness (QED) is 0.776. The molecule has 2 aromatic carbocycles. The highest BCUT2D eigenvalue weighted by molar-refractivity contribution is 7.98. The van der Waals surface area contributed by atoms with Crippen LogP contribution >= 0.6 is 11.8 Å². The molecule has 2 aromatic rings. The highest BCUT2D eigenvalue weighted by Crippen LogP contribution is 2.26. The Labute approximate surface area is 118 Å². The number of phenolic OH excluding ortho intramolecular Hbond substituents is 1. The average molecular weight is 273 g/mol. The van der Waals surface area contributed by atoms with Crippen LogP contribution in [0.3, 0.4) is 0 Å². The van der Waals surface area contributed by atoms with E-state index in [9.17, 15) is 5.11 Å². The Hall–Kier alpha value is -1.61. The first kappa shape index (κ1) is 13.8. The Balaban J connectivity index is 2.16. The SMILES string of the molecule is CCC(Nc1cccc(SC)c1)c1ccc(O)cc1. The van der Waals surface area contributed by atoms with Gasteiger partial charge in [0.2, 0.25) is 0 Å². The van der Waals surface area contributed by atoms with Crippen LogP contribution in [0.15, 0.2) is 53.4 Å². The number of nitrogens with one attached hydrogen (secondary N) is 1. The van der Waals surface area contributed by atoms with E-state index in [2.05, 4.69) is 42.8 Å². The summed E-state index contributed by atoms with van der Waals surface area (Å²) >= 11 is 1.74. The Bertz CT molecular complexity index is 525. The van der Waals surface area contributed by atoms with Gasteiger partial charge in [0, 0.05) is 10.6 Å². The molecule has 2 nitrogen and oxygen atoms in total. The molecule has 0 heterocycles. The number of benzene rings is 2. The molecule has 0 saturated carbocycles. The van der Waals surface area contributed by atoms with Gasteiger partial charge in [-0.05, 0) is 48.6 Å². The van der Waals surface area contributed by atoms with Crippen LogP contribution in [0.2, 0.25) is 0 Å². The molecule has 0 aliphatic carbocycles. The van der Waals surface area contributed by atoms with E-state index in [1.807, 2.05) is 12.1 Å². The monoisotopic (exact) mass is 273 g/mol. The van der Waals surface area contributed by atoms with Crippen LogP contribution in [-0.4, -0.2) is 11.4 Å². The molecule has 0 aromatic heterocycles. The van der Waals surface area contributed by atoms with Crippen molar-refractivity contribution < 1.29 is 5.11 Å². The molecular formula is C16H19NOS. The standard InChI is InChI=1S/C16H19NOS/c1-3-16(12-7-9-14(18)10-8-12)17-13-5-4-6-15(11-13)19-2/h4-11,16-18H,3H2,1-2H3. The van der Waals surface area contributed by atoms with Gasteiger partial charge in [-0.1, -0.05) is 25.1 Å². The maximum absolute atomic E-state index is 9.35. The van der Waals surface area contributed by atoms with Crippen LogP contribution in [0.25, 0.3) is 0 Å². The summed E-state index contributed by atoms with van der Waals surface area (Å²) in [5.41, 5.74) is 2.32. The third-order valence-electron chi connectivity index (χ3n) is 3.11. The molecule has 0 fully saturated rings. The summed E-state index contributed by atoms with van der Waals surface area (Å²) in [6.07, 6.45) is 3.07. The van der Waals surface area contributed by atoms with Gasteiger partial charge >= 0.3 is 0 Å². The molecule has 1 atom stereocenters. The number of phenols is 1. The van der Waals surface area contributed by atoms with Gasteiger partial charge in [-0.3, -0.25) is 0 Å². The molecular weight excluding hydrogens is 254 g/mol. The second-order valence-electron chi connectivity index (χ2n) is 4.43. The molecule has 100 valence electrons. The number of rotatable bonds is 5. The Morgan fingerprint density at radius 3 is 2.53 bits per heavy atom.